The third kappa shape index (κ3) is 10.4. The van der Waals surface area contributed by atoms with Gasteiger partial charge in [0, 0.05) is 67.2 Å². The summed E-state index contributed by atoms with van der Waals surface area (Å²) in [5.74, 6) is 0.698. The monoisotopic (exact) mass is 673 g/mol. The second-order valence-electron chi connectivity index (χ2n) is 13.2. The molecule has 1 atom stereocenters. The smallest absolute Gasteiger partial charge is 0.302 e. The number of hydrogen-bond acceptors (Lipinski definition) is 10. The van der Waals surface area contributed by atoms with E-state index in [0.29, 0.717) is 31.0 Å². The Morgan fingerprint density at radius 3 is 2.55 bits per heavy atom. The van der Waals surface area contributed by atoms with Crippen LogP contribution >= 0.6 is 0 Å². The van der Waals surface area contributed by atoms with Crippen LogP contribution in [-0.2, 0) is 33.7 Å². The molecule has 5 rings (SSSR count). The highest BCUT2D eigenvalue weighted by atomic mass is 16.5. The maximum absolute atomic E-state index is 11.6. The molecule has 0 spiro atoms. The molecule has 1 unspecified atom stereocenters. The topological polar surface area (TPSA) is 128 Å². The molecule has 11 heteroatoms. The highest BCUT2D eigenvalue weighted by molar-refractivity contribution is 5.94. The zero-order valence-electron chi connectivity index (χ0n) is 30.9. The minimum Gasteiger partial charge on any atom is -0.465 e. The predicted molar refractivity (Wildman–Crippen MR) is 197 cm³/mol. The van der Waals surface area contributed by atoms with Crippen molar-refractivity contribution in [2.75, 3.05) is 26.7 Å². The number of aryl methyl sites for hydroxylation is 1. The Hall–Kier alpha value is -4.22. The number of aromatic nitrogens is 4. The molecule has 0 saturated carbocycles. The number of carbonyl (C=O) groups is 2. The number of aliphatic imine (C=N–C) groups is 1. The van der Waals surface area contributed by atoms with Gasteiger partial charge in [0.2, 0.25) is 11.7 Å². The molecule has 1 aromatic carbocycles. The van der Waals surface area contributed by atoms with Crippen LogP contribution in [0.25, 0.3) is 33.5 Å². The van der Waals surface area contributed by atoms with Gasteiger partial charge in [0.05, 0.1) is 24.4 Å². The summed E-state index contributed by atoms with van der Waals surface area (Å²) in [5.41, 5.74) is 9.15. The molecule has 266 valence electrons. The molecule has 0 radical (unpaired) electrons. The van der Waals surface area contributed by atoms with Crippen molar-refractivity contribution in [2.45, 2.75) is 99.6 Å². The molecular formula is C38H55N7O4. The Kier molecular flexibility index (Phi) is 14.8. The fourth-order valence-electron chi connectivity index (χ4n) is 5.90. The molecule has 4 heterocycles. The van der Waals surface area contributed by atoms with E-state index < -0.39 is 6.04 Å². The molecule has 3 aromatic heterocycles. The van der Waals surface area contributed by atoms with Crippen molar-refractivity contribution in [3.63, 3.8) is 0 Å². The van der Waals surface area contributed by atoms with Gasteiger partial charge in [-0.3, -0.25) is 20.2 Å². The van der Waals surface area contributed by atoms with Gasteiger partial charge in [-0.15, -0.1) is 0 Å². The molecule has 1 N–H and O–H groups in total. The zero-order valence-corrected chi connectivity index (χ0v) is 30.9. The standard InChI is InChI=1S/C31H37N5O4.C5H12N2.C2H6/c1-8-36-26-12-11-21(30-34-27(40-35-30)15-22(17-37)32-7)14-24(26)25(16-31(5,6)18-39-20(4)38)29(36)23-10-9-13-33-28(23)19(2)3;1-7-5-3-2-4-6-7;1-2/h9-14,17,19,22H,7-8,15-16,18H2,1-6H3;6H,2-5H2,1H3;1-2H3. The van der Waals surface area contributed by atoms with E-state index in [9.17, 15) is 9.59 Å². The summed E-state index contributed by atoms with van der Waals surface area (Å²) in [6.45, 7) is 23.0. The van der Waals surface area contributed by atoms with Crippen molar-refractivity contribution >= 4 is 29.9 Å². The summed E-state index contributed by atoms with van der Waals surface area (Å²) < 4.78 is 13.2. The number of pyridine rings is 1. The Morgan fingerprint density at radius 1 is 1.22 bits per heavy atom. The highest BCUT2D eigenvalue weighted by Crippen LogP contribution is 2.41. The molecule has 4 aromatic rings. The first kappa shape index (κ1) is 39.2. The van der Waals surface area contributed by atoms with Crippen molar-refractivity contribution < 1.29 is 18.8 Å². The number of aldehydes is 1. The van der Waals surface area contributed by atoms with Crippen LogP contribution < -0.4 is 5.43 Å². The average molecular weight is 674 g/mol. The van der Waals surface area contributed by atoms with Crippen LogP contribution in [0.1, 0.15) is 91.3 Å². The maximum atomic E-state index is 11.6. The maximum Gasteiger partial charge on any atom is 0.302 e. The number of carbonyl (C=O) groups excluding carboxylic acids is 2. The number of ether oxygens (including phenoxy) is 1. The largest absolute Gasteiger partial charge is 0.465 e. The lowest BCUT2D eigenvalue weighted by atomic mass is 9.84. The third-order valence-electron chi connectivity index (χ3n) is 8.25. The van der Waals surface area contributed by atoms with Crippen LogP contribution in [-0.4, -0.2) is 76.5 Å². The molecule has 0 bridgehead atoms. The zero-order chi connectivity index (χ0) is 36.1. The van der Waals surface area contributed by atoms with Gasteiger partial charge in [-0.2, -0.15) is 4.98 Å². The van der Waals surface area contributed by atoms with Crippen LogP contribution in [0.4, 0.5) is 0 Å². The number of hydrazine groups is 1. The van der Waals surface area contributed by atoms with E-state index in [1.54, 1.807) is 0 Å². The van der Waals surface area contributed by atoms with Crippen LogP contribution in [0.15, 0.2) is 46.0 Å². The summed E-state index contributed by atoms with van der Waals surface area (Å²) in [7, 11) is 2.08. The van der Waals surface area contributed by atoms with Crippen LogP contribution in [0.3, 0.4) is 0 Å². The normalized spacial score (nSPS) is 14.0. The van der Waals surface area contributed by atoms with E-state index >= 15 is 0 Å². The fraction of sp³-hybridized carbons (Fsp3) is 0.526. The molecule has 1 aliphatic heterocycles. The molecular weight excluding hydrogens is 618 g/mol. The van der Waals surface area contributed by atoms with Gasteiger partial charge < -0.3 is 18.6 Å². The van der Waals surface area contributed by atoms with Crippen LogP contribution in [0, 0.1) is 5.41 Å². The average Bonchev–Trinajstić information content (AvgIpc) is 3.69. The molecule has 0 aliphatic carbocycles. The van der Waals surface area contributed by atoms with Crippen molar-refractivity contribution in [2.24, 2.45) is 10.4 Å². The second-order valence-corrected chi connectivity index (χ2v) is 13.2. The number of esters is 1. The van der Waals surface area contributed by atoms with E-state index in [1.807, 2.05) is 32.2 Å². The minimum atomic E-state index is -0.627. The van der Waals surface area contributed by atoms with E-state index in [1.165, 1.54) is 26.3 Å². The van der Waals surface area contributed by atoms with Gasteiger partial charge in [0.15, 0.2) is 0 Å². The van der Waals surface area contributed by atoms with E-state index in [2.05, 4.69) is 96.7 Å². The molecule has 1 fully saturated rings. The SMILES string of the molecule is C=NC(C=O)Cc1nc(-c2ccc3c(c2)c(CC(C)(C)COC(C)=O)c(-c2cccnc2C(C)C)n3CC)no1.CC.CN1CCCCN1. The first-order valence-electron chi connectivity index (χ1n) is 17.4. The van der Waals surface area contributed by atoms with Crippen LogP contribution in [0.2, 0.25) is 0 Å². The molecule has 49 heavy (non-hydrogen) atoms. The molecule has 1 aliphatic rings. The number of nitrogens with zero attached hydrogens (tertiary/aromatic N) is 6. The Bertz CT molecular complexity index is 1660. The van der Waals surface area contributed by atoms with Crippen molar-refractivity contribution in [3.8, 4) is 22.6 Å². The molecule has 1 saturated heterocycles. The first-order chi connectivity index (χ1) is 23.5. The van der Waals surface area contributed by atoms with E-state index in [0.717, 1.165) is 52.1 Å². The third-order valence-corrected chi connectivity index (χ3v) is 8.25. The van der Waals surface area contributed by atoms with Gasteiger partial charge in [0.25, 0.3) is 0 Å². The Balaban J connectivity index is 0.000000633. The summed E-state index contributed by atoms with van der Waals surface area (Å²) in [4.78, 5) is 35.9. The van der Waals surface area contributed by atoms with Gasteiger partial charge in [-0.25, -0.2) is 5.01 Å². The van der Waals surface area contributed by atoms with Gasteiger partial charge in [-0.05, 0) is 74.7 Å². The van der Waals surface area contributed by atoms with Crippen LogP contribution in [0.5, 0.6) is 0 Å². The highest BCUT2D eigenvalue weighted by Gasteiger charge is 2.28. The van der Waals surface area contributed by atoms with Gasteiger partial charge in [-0.1, -0.05) is 46.7 Å². The number of rotatable bonds is 12. The second kappa shape index (κ2) is 18.5. The van der Waals surface area contributed by atoms with Crippen molar-refractivity contribution in [3.05, 3.63) is 53.7 Å². The van der Waals surface area contributed by atoms with E-state index in [-0.39, 0.29) is 23.7 Å². The minimum absolute atomic E-state index is 0.202. The lowest BCUT2D eigenvalue weighted by Crippen LogP contribution is -2.39. The lowest BCUT2D eigenvalue weighted by Gasteiger charge is -2.25. The van der Waals surface area contributed by atoms with Crippen molar-refractivity contribution in [1.82, 2.24) is 30.1 Å². The summed E-state index contributed by atoms with van der Waals surface area (Å²) in [6, 6.07) is 9.64. The number of nitrogens with one attached hydrogen (secondary N) is 1. The number of fused-ring (bicyclic) bond motifs is 1. The van der Waals surface area contributed by atoms with Crippen molar-refractivity contribution in [1.29, 1.82) is 0 Å². The predicted octanol–water partition coefficient (Wildman–Crippen LogP) is 7.08. The van der Waals surface area contributed by atoms with E-state index in [4.69, 9.17) is 14.2 Å². The first-order valence-corrected chi connectivity index (χ1v) is 17.4. The summed E-state index contributed by atoms with van der Waals surface area (Å²) in [6.07, 6.45) is 6.11. The van der Waals surface area contributed by atoms with Gasteiger partial charge >= 0.3 is 5.97 Å². The molecule has 0 amide bonds. The number of hydrogen-bond donors (Lipinski definition) is 1. The van der Waals surface area contributed by atoms with Gasteiger partial charge in [0.1, 0.15) is 12.3 Å². The quantitative estimate of drug-likeness (QED) is 0.0953. The summed E-state index contributed by atoms with van der Waals surface area (Å²) in [5, 5.41) is 7.38. The Labute approximate surface area is 291 Å². The lowest BCUT2D eigenvalue weighted by molar-refractivity contribution is -0.143. The fourth-order valence-corrected chi connectivity index (χ4v) is 5.90. The molecule has 11 nitrogen and oxygen atoms in total. The number of benzene rings is 1. The summed E-state index contributed by atoms with van der Waals surface area (Å²) >= 11 is 0. The Morgan fingerprint density at radius 2 is 1.98 bits per heavy atom.